The van der Waals surface area contributed by atoms with E-state index in [9.17, 15) is 4.79 Å². The van der Waals surface area contributed by atoms with E-state index in [1.807, 2.05) is 13.0 Å². The van der Waals surface area contributed by atoms with Gasteiger partial charge < -0.3 is 5.32 Å². The van der Waals surface area contributed by atoms with E-state index in [0.29, 0.717) is 5.82 Å². The van der Waals surface area contributed by atoms with Crippen molar-refractivity contribution in [3.05, 3.63) is 51.3 Å². The van der Waals surface area contributed by atoms with Gasteiger partial charge in [-0.15, -0.1) is 0 Å². The second-order valence-corrected chi connectivity index (χ2v) is 4.92. The number of carbonyl (C=O) groups excluding carboxylic acids is 1. The predicted octanol–water partition coefficient (Wildman–Crippen LogP) is 3.45. The Balaban J connectivity index is 2.21. The Morgan fingerprint density at radius 3 is 2.89 bits per heavy atom. The van der Waals surface area contributed by atoms with Gasteiger partial charge in [0.2, 0.25) is 0 Å². The van der Waals surface area contributed by atoms with Gasteiger partial charge in [0.25, 0.3) is 5.91 Å². The van der Waals surface area contributed by atoms with Gasteiger partial charge in [-0.3, -0.25) is 4.79 Å². The Morgan fingerprint density at radius 1 is 1.44 bits per heavy atom. The van der Waals surface area contributed by atoms with Gasteiger partial charge in [-0.2, -0.15) is 0 Å². The highest BCUT2D eigenvalue weighted by molar-refractivity contribution is 9.10. The number of aromatic nitrogens is 2. The maximum atomic E-state index is 11.9. The van der Waals surface area contributed by atoms with Crippen LogP contribution in [0, 0.1) is 6.92 Å². The van der Waals surface area contributed by atoms with E-state index >= 15 is 0 Å². The van der Waals surface area contributed by atoms with Crippen LogP contribution in [0.15, 0.2) is 34.9 Å². The maximum absolute atomic E-state index is 11.9. The number of pyridine rings is 2. The monoisotopic (exact) mass is 325 g/mol. The largest absolute Gasteiger partial charge is 0.305 e. The standard InChI is InChI=1S/C12H9BrClN3O/c1-7-5-8(13)6-15-11(7)17-12(18)9-3-2-4-10(14)16-9/h2-6H,1H3,(H,15,17,18). The summed E-state index contributed by atoms with van der Waals surface area (Å²) in [5.41, 5.74) is 1.12. The third-order valence-electron chi connectivity index (χ3n) is 2.22. The molecule has 0 aliphatic carbocycles. The highest BCUT2D eigenvalue weighted by Gasteiger charge is 2.10. The fourth-order valence-electron chi connectivity index (χ4n) is 1.38. The predicted molar refractivity (Wildman–Crippen MR) is 73.9 cm³/mol. The van der Waals surface area contributed by atoms with Gasteiger partial charge in [0, 0.05) is 10.7 Å². The van der Waals surface area contributed by atoms with Crippen molar-refractivity contribution < 1.29 is 4.79 Å². The number of rotatable bonds is 2. The fraction of sp³-hybridized carbons (Fsp3) is 0.0833. The van der Waals surface area contributed by atoms with Gasteiger partial charge >= 0.3 is 0 Å². The molecule has 0 fully saturated rings. The van der Waals surface area contributed by atoms with Crippen LogP contribution >= 0.6 is 27.5 Å². The smallest absolute Gasteiger partial charge is 0.275 e. The molecule has 0 aliphatic rings. The third-order valence-corrected chi connectivity index (χ3v) is 2.87. The molecular formula is C12H9BrClN3O. The van der Waals surface area contributed by atoms with E-state index < -0.39 is 0 Å². The van der Waals surface area contributed by atoms with Crippen LogP contribution in [0.4, 0.5) is 5.82 Å². The minimum atomic E-state index is -0.338. The lowest BCUT2D eigenvalue weighted by molar-refractivity contribution is 0.102. The minimum absolute atomic E-state index is 0.256. The van der Waals surface area contributed by atoms with E-state index in [0.717, 1.165) is 10.0 Å². The normalized spacial score (nSPS) is 10.2. The molecule has 4 nitrogen and oxygen atoms in total. The summed E-state index contributed by atoms with van der Waals surface area (Å²) in [4.78, 5) is 20.0. The molecular weight excluding hydrogens is 318 g/mol. The van der Waals surface area contributed by atoms with Crippen LogP contribution in [0.5, 0.6) is 0 Å². The number of nitrogens with one attached hydrogen (secondary N) is 1. The molecule has 2 aromatic rings. The Bertz CT molecular complexity index is 604. The molecule has 0 aliphatic heterocycles. The van der Waals surface area contributed by atoms with Gasteiger partial charge in [0.05, 0.1) is 0 Å². The third kappa shape index (κ3) is 3.05. The van der Waals surface area contributed by atoms with Crippen LogP contribution in [-0.4, -0.2) is 15.9 Å². The molecule has 2 heterocycles. The molecule has 0 aromatic carbocycles. The lowest BCUT2D eigenvalue weighted by Gasteiger charge is -2.07. The second-order valence-electron chi connectivity index (χ2n) is 3.62. The summed E-state index contributed by atoms with van der Waals surface area (Å²) in [6.07, 6.45) is 1.62. The summed E-state index contributed by atoms with van der Waals surface area (Å²) in [7, 11) is 0. The Kier molecular flexibility index (Phi) is 3.93. The number of halogens is 2. The first-order chi connectivity index (χ1) is 8.56. The summed E-state index contributed by atoms with van der Waals surface area (Å²) in [6, 6.07) is 6.75. The molecule has 0 saturated carbocycles. The summed E-state index contributed by atoms with van der Waals surface area (Å²) < 4.78 is 0.860. The van der Waals surface area contributed by atoms with Crippen LogP contribution < -0.4 is 5.32 Å². The number of anilines is 1. The zero-order valence-corrected chi connectivity index (χ0v) is 11.8. The lowest BCUT2D eigenvalue weighted by atomic mass is 10.3. The highest BCUT2D eigenvalue weighted by atomic mass is 79.9. The number of aryl methyl sites for hydroxylation is 1. The fourth-order valence-corrected chi connectivity index (χ4v) is 1.99. The summed E-state index contributed by atoms with van der Waals surface area (Å²) >= 11 is 9.04. The Labute approximate surface area is 118 Å². The number of amides is 1. The molecule has 0 unspecified atom stereocenters. The Hall–Kier alpha value is -1.46. The molecule has 0 atom stereocenters. The number of carbonyl (C=O) groups is 1. The number of hydrogen-bond donors (Lipinski definition) is 1. The number of nitrogens with zero attached hydrogens (tertiary/aromatic N) is 2. The van der Waals surface area contributed by atoms with Crippen LogP contribution in [0.25, 0.3) is 0 Å². The van der Waals surface area contributed by atoms with Gasteiger partial charge in [0.15, 0.2) is 0 Å². The maximum Gasteiger partial charge on any atom is 0.275 e. The van der Waals surface area contributed by atoms with Crippen LogP contribution in [0.2, 0.25) is 5.15 Å². The van der Waals surface area contributed by atoms with Crippen LogP contribution in [0.1, 0.15) is 16.1 Å². The quantitative estimate of drug-likeness (QED) is 0.860. The van der Waals surface area contributed by atoms with Gasteiger partial charge in [-0.25, -0.2) is 9.97 Å². The SMILES string of the molecule is Cc1cc(Br)cnc1NC(=O)c1cccc(Cl)n1. The van der Waals surface area contributed by atoms with Crippen molar-refractivity contribution in [2.45, 2.75) is 6.92 Å². The first-order valence-corrected chi connectivity index (χ1v) is 6.29. The molecule has 0 radical (unpaired) electrons. The topological polar surface area (TPSA) is 54.9 Å². The van der Waals surface area contributed by atoms with Gasteiger partial charge in [-0.1, -0.05) is 17.7 Å². The van der Waals surface area contributed by atoms with Gasteiger partial charge in [0.1, 0.15) is 16.7 Å². The number of hydrogen-bond acceptors (Lipinski definition) is 3. The average molecular weight is 327 g/mol. The molecule has 1 N–H and O–H groups in total. The van der Waals surface area contributed by atoms with E-state index in [4.69, 9.17) is 11.6 Å². The summed E-state index contributed by atoms with van der Waals surface area (Å²) in [6.45, 7) is 1.86. The summed E-state index contributed by atoms with van der Waals surface area (Å²) in [5.74, 6) is 0.167. The molecule has 18 heavy (non-hydrogen) atoms. The molecule has 0 bridgehead atoms. The van der Waals surface area contributed by atoms with Crippen molar-refractivity contribution in [3.63, 3.8) is 0 Å². The van der Waals surface area contributed by atoms with Crippen molar-refractivity contribution in [3.8, 4) is 0 Å². The van der Waals surface area contributed by atoms with Crippen molar-refractivity contribution in [1.82, 2.24) is 9.97 Å². The first kappa shape index (κ1) is 13.0. The van der Waals surface area contributed by atoms with E-state index in [1.54, 1.807) is 24.4 Å². The van der Waals surface area contributed by atoms with Crippen LogP contribution in [-0.2, 0) is 0 Å². The highest BCUT2D eigenvalue weighted by Crippen LogP contribution is 2.17. The van der Waals surface area contributed by atoms with Crippen molar-refractivity contribution in [1.29, 1.82) is 0 Å². The van der Waals surface area contributed by atoms with E-state index in [2.05, 4.69) is 31.2 Å². The zero-order valence-electron chi connectivity index (χ0n) is 9.45. The second kappa shape index (κ2) is 5.46. The molecule has 0 saturated heterocycles. The van der Waals surface area contributed by atoms with Crippen molar-refractivity contribution in [2.75, 3.05) is 5.32 Å². The van der Waals surface area contributed by atoms with E-state index in [-0.39, 0.29) is 16.8 Å². The van der Waals surface area contributed by atoms with Crippen LogP contribution in [0.3, 0.4) is 0 Å². The Morgan fingerprint density at radius 2 is 2.22 bits per heavy atom. The van der Waals surface area contributed by atoms with Crippen molar-refractivity contribution >= 4 is 39.3 Å². The molecule has 2 aromatic heterocycles. The summed E-state index contributed by atoms with van der Waals surface area (Å²) in [5, 5.41) is 2.97. The minimum Gasteiger partial charge on any atom is -0.305 e. The first-order valence-electron chi connectivity index (χ1n) is 5.12. The van der Waals surface area contributed by atoms with E-state index in [1.165, 1.54) is 0 Å². The molecule has 6 heteroatoms. The zero-order chi connectivity index (χ0) is 13.1. The van der Waals surface area contributed by atoms with Gasteiger partial charge in [-0.05, 0) is 46.6 Å². The lowest BCUT2D eigenvalue weighted by Crippen LogP contribution is -2.15. The molecule has 1 amide bonds. The molecule has 0 spiro atoms. The molecule has 2 rings (SSSR count). The average Bonchev–Trinajstić information content (AvgIpc) is 2.32. The van der Waals surface area contributed by atoms with Crippen molar-refractivity contribution in [2.24, 2.45) is 0 Å². The molecule has 92 valence electrons.